The average molecular weight is 341 g/mol. The third-order valence-corrected chi connectivity index (χ3v) is 4.50. The molecule has 1 N–H and O–H groups in total. The van der Waals surface area contributed by atoms with Gasteiger partial charge in [-0.1, -0.05) is 37.3 Å². The van der Waals surface area contributed by atoms with E-state index in [0.717, 1.165) is 31.8 Å². The summed E-state index contributed by atoms with van der Waals surface area (Å²) in [6.45, 7) is 11.7. The van der Waals surface area contributed by atoms with Gasteiger partial charge in [0.1, 0.15) is 5.75 Å². The predicted octanol–water partition coefficient (Wildman–Crippen LogP) is 4.65. The van der Waals surface area contributed by atoms with Gasteiger partial charge in [-0.05, 0) is 57.0 Å². The number of hydrogen-bond donors (Lipinski definition) is 1. The summed E-state index contributed by atoms with van der Waals surface area (Å²) < 4.78 is 5.35. The molecule has 0 aliphatic carbocycles. The van der Waals surface area contributed by atoms with Crippen LogP contribution in [0.25, 0.3) is 0 Å². The lowest BCUT2D eigenvalue weighted by Gasteiger charge is -2.26. The SMILES string of the molecule is CCNC(C)(C)Cc1ccc(CN(CC)c2cccc(OC)c2)cc1. The molecule has 0 atom stereocenters. The lowest BCUT2D eigenvalue weighted by Crippen LogP contribution is -2.41. The molecule has 136 valence electrons. The molecule has 3 nitrogen and oxygen atoms in total. The van der Waals surface area contributed by atoms with Crippen molar-refractivity contribution in [1.82, 2.24) is 5.32 Å². The van der Waals surface area contributed by atoms with Gasteiger partial charge in [0.25, 0.3) is 0 Å². The first-order valence-corrected chi connectivity index (χ1v) is 9.19. The molecule has 0 aromatic heterocycles. The number of ether oxygens (including phenoxy) is 1. The molecule has 0 bridgehead atoms. The summed E-state index contributed by atoms with van der Waals surface area (Å²) in [6, 6.07) is 17.3. The molecule has 0 saturated heterocycles. The Labute approximate surface area is 153 Å². The molecule has 0 fully saturated rings. The zero-order valence-electron chi connectivity index (χ0n) is 16.3. The second-order valence-electron chi connectivity index (χ2n) is 7.12. The topological polar surface area (TPSA) is 24.5 Å². The molecule has 0 saturated carbocycles. The van der Waals surface area contributed by atoms with E-state index in [2.05, 4.69) is 74.3 Å². The second kappa shape index (κ2) is 8.91. The summed E-state index contributed by atoms with van der Waals surface area (Å²) in [5.41, 5.74) is 4.03. The molecule has 3 heteroatoms. The predicted molar refractivity (Wildman–Crippen MR) is 108 cm³/mol. The third-order valence-electron chi connectivity index (χ3n) is 4.50. The molecular weight excluding hydrogens is 308 g/mol. The molecule has 0 aliphatic heterocycles. The van der Waals surface area contributed by atoms with Gasteiger partial charge in [-0.2, -0.15) is 0 Å². The molecule has 0 amide bonds. The van der Waals surface area contributed by atoms with Crippen LogP contribution in [-0.4, -0.2) is 25.7 Å². The molecule has 2 aromatic rings. The van der Waals surface area contributed by atoms with Crippen LogP contribution in [0, 0.1) is 0 Å². The van der Waals surface area contributed by atoms with Crippen LogP contribution in [0.15, 0.2) is 48.5 Å². The van der Waals surface area contributed by atoms with Gasteiger partial charge in [0.15, 0.2) is 0 Å². The highest BCUT2D eigenvalue weighted by Crippen LogP contribution is 2.23. The van der Waals surface area contributed by atoms with Crippen LogP contribution >= 0.6 is 0 Å². The van der Waals surface area contributed by atoms with Gasteiger partial charge in [-0.15, -0.1) is 0 Å². The second-order valence-corrected chi connectivity index (χ2v) is 7.12. The number of methoxy groups -OCH3 is 1. The summed E-state index contributed by atoms with van der Waals surface area (Å²) >= 11 is 0. The fourth-order valence-electron chi connectivity index (χ4n) is 3.23. The van der Waals surface area contributed by atoms with Gasteiger partial charge < -0.3 is 15.0 Å². The van der Waals surface area contributed by atoms with Gasteiger partial charge in [-0.25, -0.2) is 0 Å². The zero-order valence-corrected chi connectivity index (χ0v) is 16.3. The van der Waals surface area contributed by atoms with E-state index >= 15 is 0 Å². The lowest BCUT2D eigenvalue weighted by atomic mass is 9.94. The van der Waals surface area contributed by atoms with E-state index in [1.165, 1.54) is 16.8 Å². The normalized spacial score (nSPS) is 11.4. The van der Waals surface area contributed by atoms with Crippen molar-refractivity contribution in [2.45, 2.75) is 46.2 Å². The maximum absolute atomic E-state index is 5.35. The Kier molecular flexibility index (Phi) is 6.89. The maximum atomic E-state index is 5.35. The van der Waals surface area contributed by atoms with E-state index in [0.29, 0.717) is 0 Å². The highest BCUT2D eigenvalue weighted by atomic mass is 16.5. The fraction of sp³-hybridized carbons (Fsp3) is 0.455. The standard InChI is InChI=1S/C22H32N2O/c1-6-23-22(3,4)16-18-11-13-19(14-12-18)17-24(7-2)20-9-8-10-21(15-20)25-5/h8-15,23H,6-7,16-17H2,1-5H3. The number of rotatable bonds is 9. The molecule has 0 heterocycles. The van der Waals surface area contributed by atoms with Gasteiger partial charge in [0.2, 0.25) is 0 Å². The van der Waals surface area contributed by atoms with E-state index in [1.807, 2.05) is 12.1 Å². The van der Waals surface area contributed by atoms with Crippen LogP contribution in [0.5, 0.6) is 5.75 Å². The molecule has 0 radical (unpaired) electrons. The van der Waals surface area contributed by atoms with Crippen molar-refractivity contribution in [3.05, 3.63) is 59.7 Å². The Bertz CT molecular complexity index is 649. The van der Waals surface area contributed by atoms with Gasteiger partial charge >= 0.3 is 0 Å². The monoisotopic (exact) mass is 340 g/mol. The Morgan fingerprint density at radius 1 is 1.00 bits per heavy atom. The van der Waals surface area contributed by atoms with E-state index in [9.17, 15) is 0 Å². The van der Waals surface area contributed by atoms with Gasteiger partial charge in [-0.3, -0.25) is 0 Å². The number of hydrogen-bond acceptors (Lipinski definition) is 3. The minimum Gasteiger partial charge on any atom is -0.497 e. The highest BCUT2D eigenvalue weighted by molar-refractivity contribution is 5.51. The summed E-state index contributed by atoms with van der Waals surface area (Å²) in [6.07, 6.45) is 1.04. The summed E-state index contributed by atoms with van der Waals surface area (Å²) in [4.78, 5) is 2.36. The van der Waals surface area contributed by atoms with Crippen LogP contribution < -0.4 is 15.0 Å². The van der Waals surface area contributed by atoms with Crippen molar-refractivity contribution in [3.63, 3.8) is 0 Å². The maximum Gasteiger partial charge on any atom is 0.120 e. The van der Waals surface area contributed by atoms with Crippen molar-refractivity contribution in [2.24, 2.45) is 0 Å². The average Bonchev–Trinajstić information content (AvgIpc) is 2.60. The Morgan fingerprint density at radius 3 is 2.28 bits per heavy atom. The van der Waals surface area contributed by atoms with Crippen LogP contribution in [0.4, 0.5) is 5.69 Å². The lowest BCUT2D eigenvalue weighted by molar-refractivity contribution is 0.397. The molecule has 25 heavy (non-hydrogen) atoms. The van der Waals surface area contributed by atoms with Crippen molar-refractivity contribution in [3.8, 4) is 5.75 Å². The van der Waals surface area contributed by atoms with E-state index in [-0.39, 0.29) is 5.54 Å². The Morgan fingerprint density at radius 2 is 1.68 bits per heavy atom. The first kappa shape index (κ1) is 19.3. The van der Waals surface area contributed by atoms with Crippen molar-refractivity contribution >= 4 is 5.69 Å². The summed E-state index contributed by atoms with van der Waals surface area (Å²) in [5, 5.41) is 3.54. The van der Waals surface area contributed by atoms with Crippen molar-refractivity contribution in [1.29, 1.82) is 0 Å². The quantitative estimate of drug-likeness (QED) is 0.719. The molecule has 0 spiro atoms. The van der Waals surface area contributed by atoms with Crippen LogP contribution in [-0.2, 0) is 13.0 Å². The number of likely N-dealkylation sites (N-methyl/N-ethyl adjacent to an activating group) is 1. The smallest absolute Gasteiger partial charge is 0.120 e. The van der Waals surface area contributed by atoms with E-state index < -0.39 is 0 Å². The van der Waals surface area contributed by atoms with Gasteiger partial charge in [0.05, 0.1) is 7.11 Å². The summed E-state index contributed by atoms with van der Waals surface area (Å²) in [7, 11) is 1.71. The highest BCUT2D eigenvalue weighted by Gasteiger charge is 2.16. The number of nitrogens with zero attached hydrogens (tertiary/aromatic N) is 1. The molecule has 0 unspecified atom stereocenters. The van der Waals surface area contributed by atoms with E-state index in [1.54, 1.807) is 7.11 Å². The molecule has 2 rings (SSSR count). The third kappa shape index (κ3) is 5.79. The first-order valence-electron chi connectivity index (χ1n) is 9.19. The number of anilines is 1. The largest absolute Gasteiger partial charge is 0.497 e. The van der Waals surface area contributed by atoms with Gasteiger partial charge in [0, 0.05) is 30.4 Å². The van der Waals surface area contributed by atoms with E-state index in [4.69, 9.17) is 4.74 Å². The Balaban J connectivity index is 2.06. The molecular formula is C22H32N2O. The van der Waals surface area contributed by atoms with Crippen LogP contribution in [0.1, 0.15) is 38.8 Å². The van der Waals surface area contributed by atoms with Crippen LogP contribution in [0.3, 0.4) is 0 Å². The van der Waals surface area contributed by atoms with Crippen molar-refractivity contribution in [2.75, 3.05) is 25.1 Å². The van der Waals surface area contributed by atoms with Crippen molar-refractivity contribution < 1.29 is 4.74 Å². The fourth-order valence-corrected chi connectivity index (χ4v) is 3.23. The summed E-state index contributed by atoms with van der Waals surface area (Å²) in [5.74, 6) is 0.900. The number of benzene rings is 2. The number of nitrogens with one attached hydrogen (secondary N) is 1. The first-order chi connectivity index (χ1) is 12.0. The molecule has 2 aromatic carbocycles. The Hall–Kier alpha value is -2.00. The zero-order chi connectivity index (χ0) is 18.3. The van der Waals surface area contributed by atoms with Crippen LogP contribution in [0.2, 0.25) is 0 Å². The minimum atomic E-state index is 0.131. The molecule has 0 aliphatic rings. The minimum absolute atomic E-state index is 0.131.